The lowest BCUT2D eigenvalue weighted by Gasteiger charge is -2.11. The highest BCUT2D eigenvalue weighted by Gasteiger charge is 2.34. The molecule has 1 saturated carbocycles. The topological polar surface area (TPSA) is 111 Å². The number of aliphatic hydroxyl groups excluding tert-OH is 1. The van der Waals surface area contributed by atoms with Gasteiger partial charge in [0.05, 0.1) is 25.3 Å². The van der Waals surface area contributed by atoms with Gasteiger partial charge in [0.1, 0.15) is 12.4 Å². The highest BCUT2D eigenvalue weighted by molar-refractivity contribution is 5.89. The number of rotatable bonds is 6. The van der Waals surface area contributed by atoms with Crippen molar-refractivity contribution >= 4 is 11.9 Å². The van der Waals surface area contributed by atoms with Crippen LogP contribution in [-0.4, -0.2) is 49.4 Å². The lowest BCUT2D eigenvalue weighted by Crippen LogP contribution is -2.33. The first-order valence-electron chi connectivity index (χ1n) is 7.53. The van der Waals surface area contributed by atoms with Crippen molar-refractivity contribution in [2.45, 2.75) is 25.0 Å². The Hall–Kier alpha value is -2.12. The molecule has 7 nitrogen and oxygen atoms in total. The van der Waals surface area contributed by atoms with Gasteiger partial charge in [-0.2, -0.15) is 0 Å². The van der Waals surface area contributed by atoms with E-state index >= 15 is 0 Å². The van der Waals surface area contributed by atoms with Crippen LogP contribution in [0.1, 0.15) is 23.2 Å². The number of aliphatic hydroxyl groups is 1. The van der Waals surface area contributed by atoms with E-state index in [9.17, 15) is 14.7 Å². The van der Waals surface area contributed by atoms with Crippen LogP contribution in [0.5, 0.6) is 5.75 Å². The summed E-state index contributed by atoms with van der Waals surface area (Å²) in [6, 6.07) is 6.31. The summed E-state index contributed by atoms with van der Waals surface area (Å²) < 4.78 is 10.1. The number of esters is 1. The lowest BCUT2D eigenvalue weighted by atomic mass is 10.1. The molecular formula is C16H22N2O5. The Balaban J connectivity index is 1.73. The molecule has 1 amide bonds. The van der Waals surface area contributed by atoms with Crippen molar-refractivity contribution < 1.29 is 24.2 Å². The number of carbonyl (C=O) groups is 2. The molecule has 23 heavy (non-hydrogen) atoms. The van der Waals surface area contributed by atoms with E-state index in [1.165, 1.54) is 7.11 Å². The van der Waals surface area contributed by atoms with E-state index in [1.54, 1.807) is 24.3 Å². The Morgan fingerprint density at radius 3 is 2.83 bits per heavy atom. The van der Waals surface area contributed by atoms with E-state index in [-0.39, 0.29) is 24.5 Å². The third-order valence-electron chi connectivity index (χ3n) is 3.87. The summed E-state index contributed by atoms with van der Waals surface area (Å²) in [6.45, 7) is 0.612. The first kappa shape index (κ1) is 17.2. The van der Waals surface area contributed by atoms with Gasteiger partial charge in [0.15, 0.2) is 0 Å². The molecule has 1 aliphatic carbocycles. The van der Waals surface area contributed by atoms with E-state index in [1.807, 2.05) is 0 Å². The minimum absolute atomic E-state index is 0.121. The summed E-state index contributed by atoms with van der Waals surface area (Å²) in [4.78, 5) is 23.4. The highest BCUT2D eigenvalue weighted by atomic mass is 16.5. The van der Waals surface area contributed by atoms with Gasteiger partial charge in [-0.05, 0) is 31.0 Å². The Morgan fingerprint density at radius 1 is 1.39 bits per heavy atom. The van der Waals surface area contributed by atoms with Crippen LogP contribution in [-0.2, 0) is 9.53 Å². The largest absolute Gasteiger partial charge is 0.492 e. The average molecular weight is 322 g/mol. The molecule has 0 spiro atoms. The van der Waals surface area contributed by atoms with E-state index in [0.29, 0.717) is 30.7 Å². The highest BCUT2D eigenvalue weighted by Crippen LogP contribution is 2.24. The molecule has 4 N–H and O–H groups in total. The molecule has 1 aromatic carbocycles. The first-order valence-corrected chi connectivity index (χ1v) is 7.53. The molecule has 0 radical (unpaired) electrons. The van der Waals surface area contributed by atoms with Crippen molar-refractivity contribution in [1.29, 1.82) is 0 Å². The Morgan fingerprint density at radius 2 is 2.17 bits per heavy atom. The molecule has 0 heterocycles. The molecule has 0 aromatic heterocycles. The van der Waals surface area contributed by atoms with Gasteiger partial charge >= 0.3 is 5.97 Å². The van der Waals surface area contributed by atoms with Crippen LogP contribution < -0.4 is 15.8 Å². The summed E-state index contributed by atoms with van der Waals surface area (Å²) in [5, 5.41) is 12.3. The Bertz CT molecular complexity index is 553. The van der Waals surface area contributed by atoms with Crippen LogP contribution >= 0.6 is 0 Å². The van der Waals surface area contributed by atoms with Crippen LogP contribution in [0.2, 0.25) is 0 Å². The fraction of sp³-hybridized carbons (Fsp3) is 0.500. The van der Waals surface area contributed by atoms with E-state index in [2.05, 4.69) is 10.1 Å². The molecule has 0 bridgehead atoms. The van der Waals surface area contributed by atoms with Gasteiger partial charge < -0.3 is 25.6 Å². The average Bonchev–Trinajstić information content (AvgIpc) is 2.90. The van der Waals surface area contributed by atoms with Crippen molar-refractivity contribution in [3.8, 4) is 5.75 Å². The zero-order chi connectivity index (χ0) is 16.8. The van der Waals surface area contributed by atoms with Crippen LogP contribution in [0.25, 0.3) is 0 Å². The lowest BCUT2D eigenvalue weighted by molar-refractivity contribution is -0.125. The standard InChI is InChI=1S/C16H22N2O5/c1-22-16(21)10-3-2-4-12(7-10)23-6-5-18-15(20)11-8-13(17)14(19)9-11/h2-4,7,11,13-14,19H,5-6,8-9,17H2,1H3,(H,18,20)/t11-,13-,14-/m0/s1. The van der Waals surface area contributed by atoms with Gasteiger partial charge in [-0.25, -0.2) is 4.79 Å². The third kappa shape index (κ3) is 4.67. The fourth-order valence-electron chi connectivity index (χ4n) is 2.58. The normalized spacial score (nSPS) is 23.3. The molecule has 7 heteroatoms. The number of amides is 1. The van der Waals surface area contributed by atoms with E-state index < -0.39 is 12.1 Å². The quantitative estimate of drug-likeness (QED) is 0.505. The van der Waals surface area contributed by atoms with Crippen molar-refractivity contribution in [1.82, 2.24) is 5.32 Å². The van der Waals surface area contributed by atoms with Gasteiger partial charge in [0.2, 0.25) is 5.91 Å². The van der Waals surface area contributed by atoms with Crippen LogP contribution in [0.3, 0.4) is 0 Å². The monoisotopic (exact) mass is 322 g/mol. The maximum Gasteiger partial charge on any atom is 0.337 e. The van der Waals surface area contributed by atoms with Gasteiger partial charge in [-0.15, -0.1) is 0 Å². The molecule has 3 atom stereocenters. The van der Waals surface area contributed by atoms with Gasteiger partial charge in [0.25, 0.3) is 0 Å². The van der Waals surface area contributed by atoms with E-state index in [4.69, 9.17) is 10.5 Å². The van der Waals surface area contributed by atoms with Crippen LogP contribution in [0.4, 0.5) is 0 Å². The SMILES string of the molecule is COC(=O)c1cccc(OCCNC(=O)[C@H]2C[C@H](N)[C@@H](O)C2)c1. The summed E-state index contributed by atoms with van der Waals surface area (Å²) in [5.41, 5.74) is 6.10. The van der Waals surface area contributed by atoms with Crippen molar-refractivity contribution in [2.24, 2.45) is 11.7 Å². The molecular weight excluding hydrogens is 300 g/mol. The molecule has 0 unspecified atom stereocenters. The molecule has 1 aliphatic rings. The number of benzene rings is 1. The molecule has 2 rings (SSSR count). The molecule has 126 valence electrons. The maximum absolute atomic E-state index is 11.9. The van der Waals surface area contributed by atoms with Crippen molar-refractivity contribution in [3.05, 3.63) is 29.8 Å². The smallest absolute Gasteiger partial charge is 0.337 e. The molecule has 1 fully saturated rings. The van der Waals surface area contributed by atoms with Gasteiger partial charge in [-0.1, -0.05) is 6.07 Å². The second-order valence-corrected chi connectivity index (χ2v) is 5.56. The summed E-state index contributed by atoms with van der Waals surface area (Å²) in [5.74, 6) is -0.271. The molecule has 1 aromatic rings. The number of hydrogen-bond acceptors (Lipinski definition) is 6. The number of ether oxygens (including phenoxy) is 2. The molecule has 0 aliphatic heterocycles. The number of hydrogen-bond donors (Lipinski definition) is 3. The number of nitrogens with one attached hydrogen (secondary N) is 1. The second-order valence-electron chi connectivity index (χ2n) is 5.56. The Kier molecular flexibility index (Phi) is 5.95. The minimum atomic E-state index is -0.608. The maximum atomic E-state index is 11.9. The number of carbonyl (C=O) groups excluding carboxylic acids is 2. The summed E-state index contributed by atoms with van der Waals surface area (Å²) >= 11 is 0. The second kappa shape index (κ2) is 7.94. The molecule has 0 saturated heterocycles. The van der Waals surface area contributed by atoms with Crippen molar-refractivity contribution in [3.63, 3.8) is 0 Å². The summed E-state index contributed by atoms with van der Waals surface area (Å²) in [7, 11) is 1.32. The third-order valence-corrected chi connectivity index (χ3v) is 3.87. The van der Waals surface area contributed by atoms with E-state index in [0.717, 1.165) is 0 Å². The fourth-order valence-corrected chi connectivity index (χ4v) is 2.58. The van der Waals surface area contributed by atoms with Crippen LogP contribution in [0.15, 0.2) is 24.3 Å². The predicted octanol–water partition coefficient (Wildman–Crippen LogP) is 0.0664. The summed E-state index contributed by atoms with van der Waals surface area (Å²) in [6.07, 6.45) is 0.285. The number of nitrogens with two attached hydrogens (primary N) is 1. The van der Waals surface area contributed by atoms with Gasteiger partial charge in [-0.3, -0.25) is 4.79 Å². The van der Waals surface area contributed by atoms with Crippen LogP contribution in [0, 0.1) is 5.92 Å². The zero-order valence-corrected chi connectivity index (χ0v) is 13.0. The zero-order valence-electron chi connectivity index (χ0n) is 13.0. The predicted molar refractivity (Wildman–Crippen MR) is 83.0 cm³/mol. The number of methoxy groups -OCH3 is 1. The first-order chi connectivity index (χ1) is 11.0. The van der Waals surface area contributed by atoms with Gasteiger partial charge in [0, 0.05) is 12.0 Å². The van der Waals surface area contributed by atoms with Crippen molar-refractivity contribution in [2.75, 3.05) is 20.3 Å². The Labute approximate surface area is 134 Å². The minimum Gasteiger partial charge on any atom is -0.492 e.